The standard InChI is InChI=1S/C13H22ClN3/c1-3-12-7-13(17(2)16-12)9-15-8-10-4-5-11(14)6-10/h7,10-11,15H,3-6,8-9H2,1-2H3. The Morgan fingerprint density at radius 1 is 1.53 bits per heavy atom. The Hall–Kier alpha value is -0.540. The maximum atomic E-state index is 6.11. The smallest absolute Gasteiger partial charge is 0.0625 e. The van der Waals surface area contributed by atoms with Gasteiger partial charge in [0.2, 0.25) is 0 Å². The van der Waals surface area contributed by atoms with E-state index in [1.807, 2.05) is 11.7 Å². The van der Waals surface area contributed by atoms with Crippen LogP contribution in [-0.4, -0.2) is 21.7 Å². The molecule has 0 amide bonds. The van der Waals surface area contributed by atoms with E-state index in [9.17, 15) is 0 Å². The summed E-state index contributed by atoms with van der Waals surface area (Å²) in [5, 5.41) is 8.38. The molecule has 2 unspecified atom stereocenters. The first-order valence-electron chi connectivity index (χ1n) is 6.55. The predicted molar refractivity (Wildman–Crippen MR) is 71.3 cm³/mol. The van der Waals surface area contributed by atoms with Gasteiger partial charge in [0.1, 0.15) is 0 Å². The van der Waals surface area contributed by atoms with E-state index >= 15 is 0 Å². The van der Waals surface area contributed by atoms with E-state index in [-0.39, 0.29) is 0 Å². The molecule has 1 N–H and O–H groups in total. The number of aryl methyl sites for hydroxylation is 2. The second-order valence-electron chi connectivity index (χ2n) is 5.01. The van der Waals surface area contributed by atoms with Crippen LogP contribution in [0, 0.1) is 5.92 Å². The lowest BCUT2D eigenvalue weighted by Gasteiger charge is -2.10. The third-order valence-corrected chi connectivity index (χ3v) is 4.00. The molecule has 0 radical (unpaired) electrons. The molecule has 2 atom stereocenters. The summed E-state index contributed by atoms with van der Waals surface area (Å²) in [7, 11) is 2.01. The van der Waals surface area contributed by atoms with Gasteiger partial charge in [0.15, 0.2) is 0 Å². The van der Waals surface area contributed by atoms with Crippen molar-refractivity contribution >= 4 is 11.6 Å². The monoisotopic (exact) mass is 255 g/mol. The molecule has 4 heteroatoms. The molecule has 0 spiro atoms. The number of nitrogens with zero attached hydrogens (tertiary/aromatic N) is 2. The maximum Gasteiger partial charge on any atom is 0.0625 e. The molecule has 17 heavy (non-hydrogen) atoms. The summed E-state index contributed by atoms with van der Waals surface area (Å²) in [5.41, 5.74) is 2.44. The van der Waals surface area contributed by atoms with Gasteiger partial charge in [0.25, 0.3) is 0 Å². The molecule has 1 aliphatic rings. The van der Waals surface area contributed by atoms with Gasteiger partial charge in [-0.15, -0.1) is 11.6 Å². The second-order valence-corrected chi connectivity index (χ2v) is 5.63. The van der Waals surface area contributed by atoms with Crippen molar-refractivity contribution in [1.82, 2.24) is 15.1 Å². The predicted octanol–water partition coefficient (Wildman–Crippen LogP) is 2.48. The Morgan fingerprint density at radius 2 is 2.35 bits per heavy atom. The van der Waals surface area contributed by atoms with Crippen molar-refractivity contribution in [3.63, 3.8) is 0 Å². The summed E-state index contributed by atoms with van der Waals surface area (Å²) in [5.74, 6) is 0.761. The van der Waals surface area contributed by atoms with Gasteiger partial charge in [-0.25, -0.2) is 0 Å². The van der Waals surface area contributed by atoms with Gasteiger partial charge in [-0.1, -0.05) is 6.92 Å². The summed E-state index contributed by atoms with van der Waals surface area (Å²) in [6.07, 6.45) is 4.62. The van der Waals surface area contributed by atoms with Gasteiger partial charge in [-0.3, -0.25) is 4.68 Å². The van der Waals surface area contributed by atoms with Crippen LogP contribution in [0.25, 0.3) is 0 Å². The number of alkyl halides is 1. The van der Waals surface area contributed by atoms with E-state index < -0.39 is 0 Å². The Bertz CT molecular complexity index is 362. The first-order valence-corrected chi connectivity index (χ1v) is 6.99. The third kappa shape index (κ3) is 3.46. The Balaban J connectivity index is 1.76. The number of nitrogens with one attached hydrogen (secondary N) is 1. The Kier molecular flexibility index (Phi) is 4.46. The lowest BCUT2D eigenvalue weighted by Crippen LogP contribution is -2.22. The number of halogens is 1. The average molecular weight is 256 g/mol. The fraction of sp³-hybridized carbons (Fsp3) is 0.769. The molecule has 1 aliphatic carbocycles. The number of aromatic nitrogens is 2. The number of rotatable bonds is 5. The fourth-order valence-electron chi connectivity index (χ4n) is 2.51. The van der Waals surface area contributed by atoms with E-state index in [0.717, 1.165) is 25.4 Å². The SMILES string of the molecule is CCc1cc(CNCC2CCC(Cl)C2)n(C)n1. The molecule has 0 saturated heterocycles. The zero-order chi connectivity index (χ0) is 12.3. The first-order chi connectivity index (χ1) is 8.19. The van der Waals surface area contributed by atoms with Gasteiger partial charge in [0, 0.05) is 19.0 Å². The van der Waals surface area contributed by atoms with E-state index in [0.29, 0.717) is 5.38 Å². The van der Waals surface area contributed by atoms with Crippen LogP contribution in [0.2, 0.25) is 0 Å². The van der Waals surface area contributed by atoms with Crippen molar-refractivity contribution in [1.29, 1.82) is 0 Å². The highest BCUT2D eigenvalue weighted by Crippen LogP contribution is 2.28. The lowest BCUT2D eigenvalue weighted by molar-refractivity contribution is 0.482. The van der Waals surface area contributed by atoms with Crippen LogP contribution in [0.4, 0.5) is 0 Å². The van der Waals surface area contributed by atoms with Crippen LogP contribution in [0.5, 0.6) is 0 Å². The van der Waals surface area contributed by atoms with Crippen LogP contribution in [0.15, 0.2) is 6.07 Å². The third-order valence-electron chi connectivity index (χ3n) is 3.61. The molecule has 0 aromatic carbocycles. The zero-order valence-electron chi connectivity index (χ0n) is 10.7. The molecular weight excluding hydrogens is 234 g/mol. The molecule has 1 aromatic heterocycles. The van der Waals surface area contributed by atoms with E-state index in [1.54, 1.807) is 0 Å². The molecule has 96 valence electrons. The lowest BCUT2D eigenvalue weighted by atomic mass is 10.1. The topological polar surface area (TPSA) is 29.9 Å². The molecule has 1 saturated carbocycles. The van der Waals surface area contributed by atoms with Crippen LogP contribution >= 0.6 is 11.6 Å². The minimum absolute atomic E-state index is 0.408. The minimum Gasteiger partial charge on any atom is -0.311 e. The molecule has 0 aliphatic heterocycles. The Morgan fingerprint density at radius 3 is 2.94 bits per heavy atom. The summed E-state index contributed by atoms with van der Waals surface area (Å²) < 4.78 is 1.98. The van der Waals surface area contributed by atoms with E-state index in [1.165, 1.54) is 30.7 Å². The van der Waals surface area contributed by atoms with Crippen LogP contribution < -0.4 is 5.32 Å². The second kappa shape index (κ2) is 5.87. The van der Waals surface area contributed by atoms with Crippen molar-refractivity contribution in [3.8, 4) is 0 Å². The highest BCUT2D eigenvalue weighted by Gasteiger charge is 2.22. The van der Waals surface area contributed by atoms with Gasteiger partial charge < -0.3 is 5.32 Å². The maximum absolute atomic E-state index is 6.11. The molecule has 1 heterocycles. The largest absolute Gasteiger partial charge is 0.311 e. The highest BCUT2D eigenvalue weighted by molar-refractivity contribution is 6.20. The normalized spacial score (nSPS) is 24.4. The van der Waals surface area contributed by atoms with Crippen molar-refractivity contribution in [2.45, 2.75) is 44.5 Å². The zero-order valence-corrected chi connectivity index (χ0v) is 11.5. The molecule has 2 rings (SSSR count). The fourth-order valence-corrected chi connectivity index (χ4v) is 2.89. The summed E-state index contributed by atoms with van der Waals surface area (Å²) in [4.78, 5) is 0. The van der Waals surface area contributed by atoms with Gasteiger partial charge in [-0.05, 0) is 44.2 Å². The number of hydrogen-bond donors (Lipinski definition) is 1. The quantitative estimate of drug-likeness (QED) is 0.820. The van der Waals surface area contributed by atoms with Crippen LogP contribution in [-0.2, 0) is 20.0 Å². The molecular formula is C13H22ClN3. The van der Waals surface area contributed by atoms with Crippen molar-refractivity contribution < 1.29 is 0 Å². The molecule has 3 nitrogen and oxygen atoms in total. The summed E-state index contributed by atoms with van der Waals surface area (Å²) in [6, 6.07) is 2.19. The van der Waals surface area contributed by atoms with Gasteiger partial charge in [-0.2, -0.15) is 5.10 Å². The van der Waals surface area contributed by atoms with E-state index in [4.69, 9.17) is 11.6 Å². The highest BCUT2D eigenvalue weighted by atomic mass is 35.5. The van der Waals surface area contributed by atoms with Crippen LogP contribution in [0.1, 0.15) is 37.6 Å². The summed E-state index contributed by atoms with van der Waals surface area (Å²) >= 11 is 6.11. The first kappa shape index (κ1) is 12.9. The van der Waals surface area contributed by atoms with Crippen LogP contribution in [0.3, 0.4) is 0 Å². The molecule has 1 aromatic rings. The van der Waals surface area contributed by atoms with Crippen molar-refractivity contribution in [2.24, 2.45) is 13.0 Å². The van der Waals surface area contributed by atoms with Crippen molar-refractivity contribution in [3.05, 3.63) is 17.5 Å². The number of hydrogen-bond acceptors (Lipinski definition) is 2. The summed E-state index contributed by atoms with van der Waals surface area (Å²) in [6.45, 7) is 4.13. The average Bonchev–Trinajstić information content (AvgIpc) is 2.86. The van der Waals surface area contributed by atoms with E-state index in [2.05, 4.69) is 23.4 Å². The van der Waals surface area contributed by atoms with Crippen molar-refractivity contribution in [2.75, 3.05) is 6.54 Å². The molecule has 0 bridgehead atoms. The van der Waals surface area contributed by atoms with Gasteiger partial charge >= 0.3 is 0 Å². The molecule has 1 fully saturated rings. The minimum atomic E-state index is 0.408. The Labute approximate surface area is 109 Å². The van der Waals surface area contributed by atoms with Gasteiger partial charge in [0.05, 0.1) is 11.4 Å².